The van der Waals surface area contributed by atoms with Gasteiger partial charge in [-0.25, -0.2) is 0 Å². The molecule has 3 N–H and O–H groups in total. The lowest BCUT2D eigenvalue weighted by Crippen LogP contribution is -2.50. The zero-order valence-electron chi connectivity index (χ0n) is 8.88. The van der Waals surface area contributed by atoms with Crippen LogP contribution in [-0.4, -0.2) is 12.5 Å². The van der Waals surface area contributed by atoms with Gasteiger partial charge in [-0.3, -0.25) is 4.79 Å². The van der Waals surface area contributed by atoms with Crippen LogP contribution in [0.4, 0.5) is 0 Å². The number of hydrogen-bond donors (Lipinski definition) is 2. The molecule has 1 aromatic rings. The Morgan fingerprint density at radius 1 is 1.53 bits per heavy atom. The molecule has 0 fully saturated rings. The van der Waals surface area contributed by atoms with Crippen LogP contribution < -0.4 is 11.1 Å². The number of amides is 1. The summed E-state index contributed by atoms with van der Waals surface area (Å²) >= 11 is 6.04. The Labute approximate surface area is 94.6 Å². The zero-order chi connectivity index (χ0) is 11.5. The van der Waals surface area contributed by atoms with Gasteiger partial charge in [-0.1, -0.05) is 36.7 Å². The van der Waals surface area contributed by atoms with Gasteiger partial charge in [-0.2, -0.15) is 0 Å². The Balaban J connectivity index is 3.21. The molecule has 3 nitrogen and oxygen atoms in total. The average molecular weight is 227 g/mol. The predicted octanol–water partition coefficient (Wildman–Crippen LogP) is 1.65. The van der Waals surface area contributed by atoms with Gasteiger partial charge in [0.05, 0.1) is 0 Å². The van der Waals surface area contributed by atoms with Crippen molar-refractivity contribution in [2.45, 2.75) is 19.4 Å². The van der Waals surface area contributed by atoms with Gasteiger partial charge in [0.25, 0.3) is 0 Å². The van der Waals surface area contributed by atoms with Crippen LogP contribution in [0.15, 0.2) is 24.3 Å². The third-order valence-corrected chi connectivity index (χ3v) is 2.77. The van der Waals surface area contributed by atoms with Gasteiger partial charge in [-0.15, -0.1) is 0 Å². The van der Waals surface area contributed by atoms with Crippen molar-refractivity contribution in [2.75, 3.05) is 6.54 Å². The number of primary amides is 1. The number of carbonyl (C=O) groups excluding carboxylic acids is 1. The Kier molecular flexibility index (Phi) is 3.72. The van der Waals surface area contributed by atoms with Gasteiger partial charge in [0, 0.05) is 5.02 Å². The molecular formula is C11H15ClN2O. The van der Waals surface area contributed by atoms with E-state index >= 15 is 0 Å². The second kappa shape index (κ2) is 4.64. The molecule has 0 saturated heterocycles. The molecule has 0 aliphatic rings. The van der Waals surface area contributed by atoms with Gasteiger partial charge < -0.3 is 11.1 Å². The van der Waals surface area contributed by atoms with Crippen molar-refractivity contribution >= 4 is 17.5 Å². The molecule has 0 bridgehead atoms. The highest BCUT2D eigenvalue weighted by Crippen LogP contribution is 2.27. The van der Waals surface area contributed by atoms with Crippen molar-refractivity contribution in [3.8, 4) is 0 Å². The van der Waals surface area contributed by atoms with Crippen LogP contribution in [0, 0.1) is 0 Å². The summed E-state index contributed by atoms with van der Waals surface area (Å²) in [4.78, 5) is 11.5. The maximum absolute atomic E-state index is 11.5. The molecule has 1 amide bonds. The highest BCUT2D eigenvalue weighted by Gasteiger charge is 2.33. The number of hydrogen-bond acceptors (Lipinski definition) is 2. The Bertz CT molecular complexity index is 367. The fraction of sp³-hybridized carbons (Fsp3) is 0.364. The van der Waals surface area contributed by atoms with Gasteiger partial charge in [0.15, 0.2) is 0 Å². The molecule has 1 unspecified atom stereocenters. The van der Waals surface area contributed by atoms with Crippen molar-refractivity contribution in [3.05, 3.63) is 34.9 Å². The highest BCUT2D eigenvalue weighted by molar-refractivity contribution is 6.31. The van der Waals surface area contributed by atoms with Crippen LogP contribution in [0.25, 0.3) is 0 Å². The smallest absolute Gasteiger partial charge is 0.242 e. The lowest BCUT2D eigenvalue weighted by molar-refractivity contribution is -0.124. The van der Waals surface area contributed by atoms with Crippen LogP contribution >= 0.6 is 11.6 Å². The molecule has 0 aliphatic carbocycles. The van der Waals surface area contributed by atoms with Gasteiger partial charge in [0.2, 0.25) is 5.91 Å². The lowest BCUT2D eigenvalue weighted by Gasteiger charge is -2.28. The van der Waals surface area contributed by atoms with E-state index in [4.69, 9.17) is 17.3 Å². The monoisotopic (exact) mass is 226 g/mol. The summed E-state index contributed by atoms with van der Waals surface area (Å²) in [6.07, 6.45) is 0. The minimum atomic E-state index is -0.910. The molecule has 82 valence electrons. The van der Waals surface area contributed by atoms with E-state index in [9.17, 15) is 4.79 Å². The summed E-state index contributed by atoms with van der Waals surface area (Å²) in [5.74, 6) is -0.433. The summed E-state index contributed by atoms with van der Waals surface area (Å²) in [7, 11) is 0. The number of benzene rings is 1. The van der Waals surface area contributed by atoms with Crippen molar-refractivity contribution in [1.82, 2.24) is 5.32 Å². The first-order valence-electron chi connectivity index (χ1n) is 4.82. The third kappa shape index (κ3) is 2.30. The Morgan fingerprint density at radius 3 is 2.60 bits per heavy atom. The first-order chi connectivity index (χ1) is 7.02. The van der Waals surface area contributed by atoms with E-state index < -0.39 is 11.4 Å². The molecule has 0 heterocycles. The van der Waals surface area contributed by atoms with Crippen molar-refractivity contribution in [3.63, 3.8) is 0 Å². The number of nitrogens with one attached hydrogen (secondary N) is 1. The molecule has 1 aromatic carbocycles. The SMILES string of the molecule is CCNC(C)(C(N)=O)c1ccccc1Cl. The summed E-state index contributed by atoms with van der Waals surface area (Å²) in [6, 6.07) is 7.20. The highest BCUT2D eigenvalue weighted by atomic mass is 35.5. The molecule has 0 spiro atoms. The number of carbonyl (C=O) groups is 1. The van der Waals surface area contributed by atoms with E-state index in [0.717, 1.165) is 0 Å². The van der Waals surface area contributed by atoms with Crippen molar-refractivity contribution < 1.29 is 4.79 Å². The number of halogens is 1. The van der Waals surface area contributed by atoms with Crippen LogP contribution in [-0.2, 0) is 10.3 Å². The minimum Gasteiger partial charge on any atom is -0.368 e. The number of rotatable bonds is 4. The second-order valence-electron chi connectivity index (χ2n) is 3.50. The van der Waals surface area contributed by atoms with Crippen LogP contribution in [0.3, 0.4) is 0 Å². The Hall–Kier alpha value is -1.06. The molecule has 0 aliphatic heterocycles. The van der Waals surface area contributed by atoms with E-state index in [0.29, 0.717) is 17.1 Å². The normalized spacial score (nSPS) is 14.6. The van der Waals surface area contributed by atoms with Crippen LogP contribution in [0.2, 0.25) is 5.02 Å². The topological polar surface area (TPSA) is 55.1 Å². The van der Waals surface area contributed by atoms with Gasteiger partial charge >= 0.3 is 0 Å². The maximum atomic E-state index is 11.5. The summed E-state index contributed by atoms with van der Waals surface area (Å²) < 4.78 is 0. The molecule has 1 atom stereocenters. The number of likely N-dealkylation sites (N-methyl/N-ethyl adjacent to an activating group) is 1. The molecular weight excluding hydrogens is 212 g/mol. The number of nitrogens with two attached hydrogens (primary N) is 1. The largest absolute Gasteiger partial charge is 0.368 e. The quantitative estimate of drug-likeness (QED) is 0.820. The minimum absolute atomic E-state index is 0.433. The predicted molar refractivity (Wildman–Crippen MR) is 61.7 cm³/mol. The van der Waals surface area contributed by atoms with E-state index in [2.05, 4.69) is 5.32 Å². The molecule has 1 rings (SSSR count). The van der Waals surface area contributed by atoms with Crippen molar-refractivity contribution in [2.24, 2.45) is 5.73 Å². The van der Waals surface area contributed by atoms with E-state index in [1.807, 2.05) is 19.1 Å². The molecule has 0 saturated carbocycles. The van der Waals surface area contributed by atoms with Gasteiger partial charge in [0.1, 0.15) is 5.54 Å². The maximum Gasteiger partial charge on any atom is 0.242 e. The molecule has 0 radical (unpaired) electrons. The van der Waals surface area contributed by atoms with E-state index in [1.165, 1.54) is 0 Å². The van der Waals surface area contributed by atoms with E-state index in [-0.39, 0.29) is 0 Å². The summed E-state index contributed by atoms with van der Waals surface area (Å²) in [6.45, 7) is 4.29. The first kappa shape index (κ1) is 12.0. The Morgan fingerprint density at radius 2 is 2.13 bits per heavy atom. The third-order valence-electron chi connectivity index (χ3n) is 2.44. The zero-order valence-corrected chi connectivity index (χ0v) is 9.64. The fourth-order valence-corrected chi connectivity index (χ4v) is 1.86. The van der Waals surface area contributed by atoms with Gasteiger partial charge in [-0.05, 0) is 25.1 Å². The first-order valence-corrected chi connectivity index (χ1v) is 5.20. The molecule has 15 heavy (non-hydrogen) atoms. The molecule has 0 aromatic heterocycles. The second-order valence-corrected chi connectivity index (χ2v) is 3.91. The van der Waals surface area contributed by atoms with Crippen molar-refractivity contribution in [1.29, 1.82) is 0 Å². The summed E-state index contributed by atoms with van der Waals surface area (Å²) in [5.41, 5.74) is 5.20. The molecule has 4 heteroatoms. The van der Waals surface area contributed by atoms with Crippen LogP contribution in [0.1, 0.15) is 19.4 Å². The van der Waals surface area contributed by atoms with Crippen LogP contribution in [0.5, 0.6) is 0 Å². The standard InChI is InChI=1S/C11H15ClN2O/c1-3-14-11(2,10(13)15)8-6-4-5-7-9(8)12/h4-7,14H,3H2,1-2H3,(H2,13,15). The summed E-state index contributed by atoms with van der Waals surface area (Å²) in [5, 5.41) is 3.60. The van der Waals surface area contributed by atoms with E-state index in [1.54, 1.807) is 19.1 Å². The fourth-order valence-electron chi connectivity index (χ4n) is 1.54. The lowest BCUT2D eigenvalue weighted by atomic mass is 9.91. The average Bonchev–Trinajstić information content (AvgIpc) is 2.18.